The quantitative estimate of drug-likeness (QED) is 0.492. The first-order valence-electron chi connectivity index (χ1n) is 10.9. The maximum Gasteiger partial charge on any atom is 0.261 e. The Bertz CT molecular complexity index is 1340. The highest BCUT2D eigenvalue weighted by atomic mass is 19.1. The Morgan fingerprint density at radius 1 is 0.912 bits per heavy atom. The largest absolute Gasteiger partial charge is 0.353 e. The molecule has 7 nitrogen and oxygen atoms in total. The van der Waals surface area contributed by atoms with Gasteiger partial charge in [0.15, 0.2) is 0 Å². The van der Waals surface area contributed by atoms with E-state index in [0.29, 0.717) is 5.69 Å². The van der Waals surface area contributed by atoms with Gasteiger partial charge in [0, 0.05) is 49.6 Å². The Labute approximate surface area is 195 Å². The lowest BCUT2D eigenvalue weighted by Gasteiger charge is -2.35. The van der Waals surface area contributed by atoms with Gasteiger partial charge < -0.3 is 15.1 Å². The van der Waals surface area contributed by atoms with Crippen LogP contribution in [0.25, 0.3) is 10.9 Å². The molecule has 0 saturated carbocycles. The molecular formula is C25H22F2N6O. The minimum Gasteiger partial charge on any atom is -0.353 e. The monoisotopic (exact) mass is 460 g/mol. The first kappa shape index (κ1) is 21.7. The van der Waals surface area contributed by atoms with Gasteiger partial charge in [0.25, 0.3) is 5.91 Å². The number of hydrogen-bond acceptors (Lipinski definition) is 6. The number of hydrogen-bond donors (Lipinski definition) is 1. The van der Waals surface area contributed by atoms with Crippen molar-refractivity contribution in [2.45, 2.75) is 6.92 Å². The van der Waals surface area contributed by atoms with Gasteiger partial charge in [0.1, 0.15) is 23.0 Å². The zero-order valence-corrected chi connectivity index (χ0v) is 18.5. The molecule has 0 bridgehead atoms. The molecule has 3 heterocycles. The second-order valence-electron chi connectivity index (χ2n) is 8.10. The molecule has 0 unspecified atom stereocenters. The lowest BCUT2D eigenvalue weighted by atomic mass is 10.1. The van der Waals surface area contributed by atoms with Crippen LogP contribution in [-0.4, -0.2) is 47.0 Å². The van der Waals surface area contributed by atoms with Crippen LogP contribution in [-0.2, 0) is 0 Å². The number of aromatic nitrogens is 3. The van der Waals surface area contributed by atoms with Crippen molar-refractivity contribution in [1.82, 2.24) is 15.0 Å². The van der Waals surface area contributed by atoms with Crippen molar-refractivity contribution in [3.63, 3.8) is 0 Å². The maximum absolute atomic E-state index is 13.9. The van der Waals surface area contributed by atoms with Gasteiger partial charge in [-0.1, -0.05) is 6.07 Å². The summed E-state index contributed by atoms with van der Waals surface area (Å²) in [5, 5.41) is 3.44. The number of nitrogens with one attached hydrogen (secondary N) is 1. The number of halogens is 2. The van der Waals surface area contributed by atoms with E-state index in [1.54, 1.807) is 36.7 Å². The molecule has 2 aromatic heterocycles. The summed E-state index contributed by atoms with van der Waals surface area (Å²) in [6.45, 7) is 5.14. The number of benzene rings is 2. The smallest absolute Gasteiger partial charge is 0.261 e. The fourth-order valence-electron chi connectivity index (χ4n) is 4.11. The van der Waals surface area contributed by atoms with Crippen LogP contribution in [0.15, 0.2) is 60.9 Å². The summed E-state index contributed by atoms with van der Waals surface area (Å²) in [7, 11) is 0. The van der Waals surface area contributed by atoms with E-state index in [-0.39, 0.29) is 0 Å². The van der Waals surface area contributed by atoms with Gasteiger partial charge >= 0.3 is 0 Å². The van der Waals surface area contributed by atoms with Crippen LogP contribution in [0.5, 0.6) is 0 Å². The van der Waals surface area contributed by atoms with E-state index in [4.69, 9.17) is 4.98 Å². The lowest BCUT2D eigenvalue weighted by Crippen LogP contribution is -2.47. The molecule has 34 heavy (non-hydrogen) atoms. The predicted molar refractivity (Wildman–Crippen MR) is 127 cm³/mol. The Morgan fingerprint density at radius 3 is 2.29 bits per heavy atom. The number of amides is 1. The second-order valence-corrected chi connectivity index (χ2v) is 8.10. The Hall–Kier alpha value is -4.14. The number of aryl methyl sites for hydroxylation is 1. The molecule has 172 valence electrons. The maximum atomic E-state index is 13.9. The van der Waals surface area contributed by atoms with Gasteiger partial charge in [-0.2, -0.15) is 0 Å². The molecule has 0 atom stereocenters. The van der Waals surface area contributed by atoms with Gasteiger partial charge in [-0.3, -0.25) is 4.79 Å². The highest BCUT2D eigenvalue weighted by Gasteiger charge is 2.21. The van der Waals surface area contributed by atoms with E-state index in [9.17, 15) is 13.6 Å². The first-order valence-corrected chi connectivity index (χ1v) is 10.9. The number of anilines is 3. The third-order valence-electron chi connectivity index (χ3n) is 5.89. The Morgan fingerprint density at radius 2 is 1.59 bits per heavy atom. The fraction of sp³-hybridized carbons (Fsp3) is 0.200. The fourth-order valence-corrected chi connectivity index (χ4v) is 4.11. The number of piperazine rings is 1. The van der Waals surface area contributed by atoms with Crippen molar-refractivity contribution in [3.05, 3.63) is 83.7 Å². The number of nitrogens with zero attached hydrogens (tertiary/aromatic N) is 5. The summed E-state index contributed by atoms with van der Waals surface area (Å²) in [5.41, 5.74) is 1.60. The van der Waals surface area contributed by atoms with Crippen LogP contribution in [0.4, 0.5) is 26.2 Å². The standard InChI is InChI=1S/C25H22F2N6O/c1-16-14-22(32-10-12-33(13-11-32)25-28-8-3-9-29-25)31-21-7-6-17(15-18(16)21)30-24(34)23-19(26)4-2-5-20(23)27/h2-9,14-15H,10-13H2,1H3,(H,30,34). The minimum atomic E-state index is -0.903. The number of pyridine rings is 1. The summed E-state index contributed by atoms with van der Waals surface area (Å²) < 4.78 is 27.9. The highest BCUT2D eigenvalue weighted by Crippen LogP contribution is 2.27. The molecule has 0 radical (unpaired) electrons. The number of fused-ring (bicyclic) bond motifs is 1. The van der Waals surface area contributed by atoms with Crippen LogP contribution < -0.4 is 15.1 Å². The van der Waals surface area contributed by atoms with Crippen molar-refractivity contribution in [3.8, 4) is 0 Å². The van der Waals surface area contributed by atoms with Crippen molar-refractivity contribution in [1.29, 1.82) is 0 Å². The molecular weight excluding hydrogens is 438 g/mol. The van der Waals surface area contributed by atoms with E-state index in [2.05, 4.69) is 25.1 Å². The molecule has 1 saturated heterocycles. The van der Waals surface area contributed by atoms with E-state index in [1.807, 2.05) is 13.0 Å². The van der Waals surface area contributed by atoms with Crippen molar-refractivity contribution in [2.75, 3.05) is 41.3 Å². The van der Waals surface area contributed by atoms with Crippen LogP contribution in [0, 0.1) is 18.6 Å². The molecule has 4 aromatic rings. The first-order chi connectivity index (χ1) is 16.5. The van der Waals surface area contributed by atoms with E-state index in [1.165, 1.54) is 6.07 Å². The lowest BCUT2D eigenvalue weighted by molar-refractivity contribution is 0.101. The van der Waals surface area contributed by atoms with Gasteiger partial charge in [-0.15, -0.1) is 0 Å². The summed E-state index contributed by atoms with van der Waals surface area (Å²) in [5.74, 6) is -1.03. The number of carbonyl (C=O) groups excluding carboxylic acids is 1. The second kappa shape index (κ2) is 9.01. The van der Waals surface area contributed by atoms with Crippen LogP contribution >= 0.6 is 0 Å². The summed E-state index contributed by atoms with van der Waals surface area (Å²) in [4.78, 5) is 30.3. The van der Waals surface area contributed by atoms with Crippen LogP contribution in [0.1, 0.15) is 15.9 Å². The third-order valence-corrected chi connectivity index (χ3v) is 5.89. The normalized spacial score (nSPS) is 13.9. The van der Waals surface area contributed by atoms with E-state index in [0.717, 1.165) is 66.5 Å². The molecule has 2 aromatic carbocycles. The van der Waals surface area contributed by atoms with Gasteiger partial charge in [0.2, 0.25) is 5.95 Å². The zero-order valence-electron chi connectivity index (χ0n) is 18.5. The Kier molecular flexibility index (Phi) is 5.75. The van der Waals surface area contributed by atoms with Crippen LogP contribution in [0.3, 0.4) is 0 Å². The molecule has 1 amide bonds. The Balaban J connectivity index is 1.33. The van der Waals surface area contributed by atoms with Crippen molar-refractivity contribution < 1.29 is 13.6 Å². The van der Waals surface area contributed by atoms with Gasteiger partial charge in [-0.05, 0) is 55.0 Å². The average Bonchev–Trinajstić information content (AvgIpc) is 2.85. The predicted octanol–water partition coefficient (Wildman–Crippen LogP) is 4.19. The summed E-state index contributed by atoms with van der Waals surface area (Å²) in [6.07, 6.45) is 3.49. The van der Waals surface area contributed by atoms with E-state index >= 15 is 0 Å². The molecule has 1 aliphatic rings. The minimum absolute atomic E-state index is 0.439. The van der Waals surface area contributed by atoms with E-state index < -0.39 is 23.1 Å². The summed E-state index contributed by atoms with van der Waals surface area (Å²) >= 11 is 0. The van der Waals surface area contributed by atoms with Crippen molar-refractivity contribution in [2.24, 2.45) is 0 Å². The molecule has 5 rings (SSSR count). The molecule has 1 N–H and O–H groups in total. The molecule has 9 heteroatoms. The SMILES string of the molecule is Cc1cc(N2CCN(c3ncccn3)CC2)nc2ccc(NC(=O)c3c(F)cccc3F)cc12. The number of rotatable bonds is 4. The molecule has 0 aliphatic carbocycles. The zero-order chi connectivity index (χ0) is 23.7. The molecule has 1 fully saturated rings. The van der Waals surface area contributed by atoms with Crippen molar-refractivity contribution >= 4 is 34.3 Å². The van der Waals surface area contributed by atoms with Gasteiger partial charge in [0.05, 0.1) is 5.52 Å². The highest BCUT2D eigenvalue weighted by molar-refractivity contribution is 6.05. The third kappa shape index (κ3) is 4.24. The number of carbonyl (C=O) groups is 1. The summed E-state index contributed by atoms with van der Waals surface area (Å²) in [6, 6.07) is 12.4. The topological polar surface area (TPSA) is 74.2 Å². The molecule has 0 spiro atoms. The average molecular weight is 460 g/mol. The van der Waals surface area contributed by atoms with Gasteiger partial charge in [-0.25, -0.2) is 23.7 Å². The van der Waals surface area contributed by atoms with Crippen LogP contribution in [0.2, 0.25) is 0 Å². The molecule has 1 aliphatic heterocycles.